The highest BCUT2D eigenvalue weighted by Crippen LogP contribution is 2.18. The Morgan fingerprint density at radius 1 is 1.44 bits per heavy atom. The van der Waals surface area contributed by atoms with Gasteiger partial charge in [-0.15, -0.1) is 12.4 Å². The van der Waals surface area contributed by atoms with Crippen molar-refractivity contribution in [1.29, 1.82) is 0 Å². The van der Waals surface area contributed by atoms with Gasteiger partial charge in [0.2, 0.25) is 5.91 Å². The van der Waals surface area contributed by atoms with Crippen LogP contribution in [0.2, 0.25) is 0 Å². The average Bonchev–Trinajstić information content (AvgIpc) is 2.29. The monoisotopic (exact) mass is 272 g/mol. The van der Waals surface area contributed by atoms with Crippen molar-refractivity contribution in [3.63, 3.8) is 0 Å². The molecule has 4 nitrogen and oxygen atoms in total. The topological polar surface area (TPSA) is 64.3 Å². The van der Waals surface area contributed by atoms with Crippen LogP contribution < -0.4 is 11.1 Å². The Kier molecular flexibility index (Phi) is 7.59. The summed E-state index contributed by atoms with van der Waals surface area (Å²) in [7, 11) is 1.52. The summed E-state index contributed by atoms with van der Waals surface area (Å²) in [4.78, 5) is 11.7. The van der Waals surface area contributed by atoms with Gasteiger partial charge in [-0.25, -0.2) is 0 Å². The molecule has 1 aromatic carbocycles. The number of methoxy groups -OCH3 is 1. The summed E-state index contributed by atoms with van der Waals surface area (Å²) in [6.07, 6.45) is 0. The first-order chi connectivity index (χ1) is 8.04. The molecule has 0 radical (unpaired) electrons. The van der Waals surface area contributed by atoms with E-state index < -0.39 is 6.04 Å². The Hall–Kier alpha value is -1.10. The minimum atomic E-state index is -0.636. The number of hydrogen-bond acceptors (Lipinski definition) is 3. The van der Waals surface area contributed by atoms with Gasteiger partial charge in [0.15, 0.2) is 0 Å². The normalized spacial score (nSPS) is 11.8. The van der Waals surface area contributed by atoms with Gasteiger partial charge >= 0.3 is 0 Å². The van der Waals surface area contributed by atoms with Crippen molar-refractivity contribution in [2.75, 3.05) is 19.0 Å². The number of carbonyl (C=O) groups excluding carboxylic acids is 1. The molecule has 3 N–H and O–H groups in total. The van der Waals surface area contributed by atoms with E-state index in [1.165, 1.54) is 12.7 Å². The SMILES string of the molecule is COCC(N)C(=O)Nc1cccc(C(C)C)c1.Cl. The van der Waals surface area contributed by atoms with E-state index in [2.05, 4.69) is 19.2 Å². The number of halogens is 1. The zero-order valence-corrected chi connectivity index (χ0v) is 11.8. The maximum Gasteiger partial charge on any atom is 0.243 e. The number of carbonyl (C=O) groups is 1. The molecule has 0 saturated carbocycles. The van der Waals surface area contributed by atoms with Crippen molar-refractivity contribution >= 4 is 24.0 Å². The van der Waals surface area contributed by atoms with Crippen LogP contribution in [0.4, 0.5) is 5.69 Å². The predicted octanol–water partition coefficient (Wildman–Crippen LogP) is 2.14. The molecule has 1 amide bonds. The molecule has 0 heterocycles. The molecule has 1 aromatic rings. The third-order valence-electron chi connectivity index (χ3n) is 2.50. The van der Waals surface area contributed by atoms with E-state index in [9.17, 15) is 4.79 Å². The van der Waals surface area contributed by atoms with E-state index in [1.54, 1.807) is 0 Å². The van der Waals surface area contributed by atoms with E-state index in [4.69, 9.17) is 10.5 Å². The van der Waals surface area contributed by atoms with Gasteiger partial charge in [-0.1, -0.05) is 26.0 Å². The first-order valence-electron chi connectivity index (χ1n) is 5.70. The van der Waals surface area contributed by atoms with E-state index in [0.29, 0.717) is 5.92 Å². The summed E-state index contributed by atoms with van der Waals surface area (Å²) < 4.78 is 4.84. The molecular formula is C13H21ClN2O2. The smallest absolute Gasteiger partial charge is 0.243 e. The van der Waals surface area contributed by atoms with E-state index in [-0.39, 0.29) is 24.9 Å². The number of ether oxygens (including phenoxy) is 1. The number of amides is 1. The molecule has 1 atom stereocenters. The van der Waals surface area contributed by atoms with Crippen molar-refractivity contribution in [2.24, 2.45) is 5.73 Å². The molecule has 0 aliphatic carbocycles. The van der Waals surface area contributed by atoms with Crippen molar-refractivity contribution in [1.82, 2.24) is 0 Å². The van der Waals surface area contributed by atoms with E-state index >= 15 is 0 Å². The summed E-state index contributed by atoms with van der Waals surface area (Å²) in [5.74, 6) is 0.201. The number of hydrogen-bond donors (Lipinski definition) is 2. The molecule has 0 aromatic heterocycles. The molecule has 0 saturated heterocycles. The van der Waals surface area contributed by atoms with Crippen LogP contribution in [0.15, 0.2) is 24.3 Å². The fourth-order valence-electron chi connectivity index (χ4n) is 1.47. The van der Waals surface area contributed by atoms with Crippen molar-refractivity contribution < 1.29 is 9.53 Å². The van der Waals surface area contributed by atoms with Crippen LogP contribution in [-0.4, -0.2) is 25.7 Å². The molecule has 0 fully saturated rings. The van der Waals surface area contributed by atoms with Crippen LogP contribution in [0.25, 0.3) is 0 Å². The van der Waals surface area contributed by atoms with Crippen LogP contribution in [0.5, 0.6) is 0 Å². The summed E-state index contributed by atoms with van der Waals surface area (Å²) in [6.45, 7) is 4.44. The first kappa shape index (κ1) is 16.9. The van der Waals surface area contributed by atoms with Crippen LogP contribution >= 0.6 is 12.4 Å². The Morgan fingerprint density at radius 2 is 2.11 bits per heavy atom. The predicted molar refractivity (Wildman–Crippen MR) is 76.3 cm³/mol. The summed E-state index contributed by atoms with van der Waals surface area (Å²) in [6, 6.07) is 7.14. The van der Waals surface area contributed by atoms with Crippen molar-refractivity contribution in [2.45, 2.75) is 25.8 Å². The lowest BCUT2D eigenvalue weighted by atomic mass is 10.0. The lowest BCUT2D eigenvalue weighted by Gasteiger charge is -2.13. The molecule has 0 aliphatic heterocycles. The van der Waals surface area contributed by atoms with Crippen molar-refractivity contribution in [3.05, 3.63) is 29.8 Å². The van der Waals surface area contributed by atoms with Gasteiger partial charge in [0, 0.05) is 12.8 Å². The number of nitrogens with two attached hydrogens (primary N) is 1. The van der Waals surface area contributed by atoms with Crippen LogP contribution in [-0.2, 0) is 9.53 Å². The van der Waals surface area contributed by atoms with Gasteiger partial charge in [-0.2, -0.15) is 0 Å². The highest BCUT2D eigenvalue weighted by molar-refractivity contribution is 5.94. The van der Waals surface area contributed by atoms with E-state index in [1.807, 2.05) is 24.3 Å². The maximum atomic E-state index is 11.7. The minimum Gasteiger partial charge on any atom is -0.383 e. The fourth-order valence-corrected chi connectivity index (χ4v) is 1.47. The fraction of sp³-hybridized carbons (Fsp3) is 0.462. The third kappa shape index (κ3) is 5.04. The molecule has 5 heteroatoms. The number of benzene rings is 1. The zero-order valence-electron chi connectivity index (χ0n) is 11.0. The second kappa shape index (κ2) is 8.08. The second-order valence-electron chi connectivity index (χ2n) is 4.33. The second-order valence-corrected chi connectivity index (χ2v) is 4.33. The van der Waals surface area contributed by atoms with Gasteiger partial charge in [0.05, 0.1) is 6.61 Å². The van der Waals surface area contributed by atoms with Gasteiger partial charge in [0.25, 0.3) is 0 Å². The van der Waals surface area contributed by atoms with Gasteiger partial charge in [0.1, 0.15) is 6.04 Å². The Morgan fingerprint density at radius 3 is 2.67 bits per heavy atom. The number of rotatable bonds is 5. The largest absolute Gasteiger partial charge is 0.383 e. The molecule has 102 valence electrons. The Labute approximate surface area is 114 Å². The summed E-state index contributed by atoms with van der Waals surface area (Å²) in [5.41, 5.74) is 7.59. The molecule has 0 spiro atoms. The maximum absolute atomic E-state index is 11.7. The average molecular weight is 273 g/mol. The standard InChI is InChI=1S/C13H20N2O2.ClH/c1-9(2)10-5-4-6-11(7-10)15-13(16)12(14)8-17-3;/h4-7,9,12H,8,14H2,1-3H3,(H,15,16);1H. The highest BCUT2D eigenvalue weighted by atomic mass is 35.5. The van der Waals surface area contributed by atoms with Crippen LogP contribution in [0.1, 0.15) is 25.3 Å². The van der Waals surface area contributed by atoms with Gasteiger partial charge < -0.3 is 15.8 Å². The number of anilines is 1. The van der Waals surface area contributed by atoms with Gasteiger partial charge in [-0.3, -0.25) is 4.79 Å². The summed E-state index contributed by atoms with van der Waals surface area (Å²) >= 11 is 0. The molecule has 18 heavy (non-hydrogen) atoms. The molecule has 1 rings (SSSR count). The summed E-state index contributed by atoms with van der Waals surface area (Å²) in [5, 5.41) is 2.78. The van der Waals surface area contributed by atoms with Crippen molar-refractivity contribution in [3.8, 4) is 0 Å². The van der Waals surface area contributed by atoms with Crippen LogP contribution in [0.3, 0.4) is 0 Å². The molecule has 0 bridgehead atoms. The highest BCUT2D eigenvalue weighted by Gasteiger charge is 2.13. The quantitative estimate of drug-likeness (QED) is 0.863. The van der Waals surface area contributed by atoms with E-state index in [0.717, 1.165) is 5.69 Å². The number of nitrogens with one attached hydrogen (secondary N) is 1. The minimum absolute atomic E-state index is 0. The Bertz CT molecular complexity index is 383. The Balaban J connectivity index is 0.00000289. The first-order valence-corrected chi connectivity index (χ1v) is 5.70. The van der Waals surface area contributed by atoms with Crippen LogP contribution in [0, 0.1) is 0 Å². The lowest BCUT2D eigenvalue weighted by molar-refractivity contribution is -0.118. The molecule has 1 unspecified atom stereocenters. The zero-order chi connectivity index (χ0) is 12.8. The lowest BCUT2D eigenvalue weighted by Crippen LogP contribution is -2.39. The molecular weight excluding hydrogens is 252 g/mol. The third-order valence-corrected chi connectivity index (χ3v) is 2.50. The molecule has 0 aliphatic rings. The van der Waals surface area contributed by atoms with Gasteiger partial charge in [-0.05, 0) is 23.6 Å².